The normalized spacial score (nSPS) is 15.3. The van der Waals surface area contributed by atoms with Crippen molar-refractivity contribution in [2.75, 3.05) is 13.7 Å². The van der Waals surface area contributed by atoms with Gasteiger partial charge in [-0.25, -0.2) is 0 Å². The topological polar surface area (TPSA) is 18.5 Å². The quantitative estimate of drug-likeness (QED) is 0.605. The van der Waals surface area contributed by atoms with Crippen molar-refractivity contribution in [3.63, 3.8) is 0 Å². The molecule has 0 aromatic rings. The predicted octanol–water partition coefficient (Wildman–Crippen LogP) is 1.84. The lowest BCUT2D eigenvalue weighted by Crippen LogP contribution is -2.25. The summed E-state index contributed by atoms with van der Waals surface area (Å²) in [6, 6.07) is 0. The zero-order valence-electron chi connectivity index (χ0n) is 7.60. The minimum atomic E-state index is -0.0488. The molecular formula is C8H18O2. The Morgan fingerprint density at radius 3 is 2.10 bits per heavy atom. The third-order valence-corrected chi connectivity index (χ3v) is 1.15. The minimum absolute atomic E-state index is 0.0488. The summed E-state index contributed by atoms with van der Waals surface area (Å²) in [4.78, 5) is 0. The Kier molecular flexibility index (Phi) is 3.91. The summed E-state index contributed by atoms with van der Waals surface area (Å²) in [5.74, 6) is 0. The van der Waals surface area contributed by atoms with Crippen LogP contribution in [0.1, 0.15) is 27.7 Å². The summed E-state index contributed by atoms with van der Waals surface area (Å²) in [5, 5.41) is 0. The molecule has 0 fully saturated rings. The molecule has 62 valence electrons. The van der Waals surface area contributed by atoms with Crippen molar-refractivity contribution >= 4 is 0 Å². The molecule has 0 aromatic heterocycles. The molecule has 0 aliphatic rings. The van der Waals surface area contributed by atoms with Gasteiger partial charge >= 0.3 is 0 Å². The van der Waals surface area contributed by atoms with Crippen molar-refractivity contribution < 1.29 is 9.47 Å². The number of hydrogen-bond donors (Lipinski definition) is 0. The van der Waals surface area contributed by atoms with Gasteiger partial charge in [-0.2, -0.15) is 0 Å². The molecule has 0 spiro atoms. The second-order valence-corrected chi connectivity index (χ2v) is 3.47. The van der Waals surface area contributed by atoms with Crippen molar-refractivity contribution in [1.29, 1.82) is 0 Å². The lowest BCUT2D eigenvalue weighted by Gasteiger charge is -2.21. The Morgan fingerprint density at radius 1 is 1.30 bits per heavy atom. The molecule has 2 heteroatoms. The highest BCUT2D eigenvalue weighted by Crippen LogP contribution is 2.07. The van der Waals surface area contributed by atoms with Crippen LogP contribution < -0.4 is 0 Å². The number of hydrogen-bond acceptors (Lipinski definition) is 2. The van der Waals surface area contributed by atoms with Crippen LogP contribution in [0, 0.1) is 0 Å². The van der Waals surface area contributed by atoms with Crippen LogP contribution in [0.3, 0.4) is 0 Å². The Labute approximate surface area is 63.5 Å². The maximum Gasteiger partial charge on any atom is 0.0776 e. The average Bonchev–Trinajstić information content (AvgIpc) is 1.81. The van der Waals surface area contributed by atoms with Gasteiger partial charge in [0.1, 0.15) is 0 Å². The maximum atomic E-state index is 5.46. The molecule has 2 nitrogen and oxygen atoms in total. The second kappa shape index (κ2) is 3.94. The van der Waals surface area contributed by atoms with E-state index in [4.69, 9.17) is 9.47 Å². The SMILES string of the molecule is COC(C)COC(C)(C)C. The van der Waals surface area contributed by atoms with Crippen molar-refractivity contribution in [2.45, 2.75) is 39.4 Å². The molecule has 0 radical (unpaired) electrons. The zero-order valence-corrected chi connectivity index (χ0v) is 7.60. The van der Waals surface area contributed by atoms with E-state index < -0.39 is 0 Å². The molecule has 0 aliphatic carbocycles. The number of rotatable bonds is 3. The molecule has 1 atom stereocenters. The van der Waals surface area contributed by atoms with Gasteiger partial charge in [0, 0.05) is 7.11 Å². The van der Waals surface area contributed by atoms with E-state index >= 15 is 0 Å². The van der Waals surface area contributed by atoms with E-state index in [9.17, 15) is 0 Å². The first-order chi connectivity index (χ1) is 4.45. The third kappa shape index (κ3) is 6.05. The molecule has 10 heavy (non-hydrogen) atoms. The van der Waals surface area contributed by atoms with Gasteiger partial charge in [-0.15, -0.1) is 0 Å². The van der Waals surface area contributed by atoms with Gasteiger partial charge in [-0.05, 0) is 27.7 Å². The molecule has 1 unspecified atom stereocenters. The summed E-state index contributed by atoms with van der Waals surface area (Å²) < 4.78 is 10.5. The first-order valence-electron chi connectivity index (χ1n) is 3.62. The van der Waals surface area contributed by atoms with E-state index in [0.29, 0.717) is 6.61 Å². The van der Waals surface area contributed by atoms with Crippen molar-refractivity contribution in [1.82, 2.24) is 0 Å². The fraction of sp³-hybridized carbons (Fsp3) is 1.00. The van der Waals surface area contributed by atoms with Crippen LogP contribution >= 0.6 is 0 Å². The summed E-state index contributed by atoms with van der Waals surface area (Å²) in [6.45, 7) is 8.77. The van der Waals surface area contributed by atoms with Crippen molar-refractivity contribution in [2.24, 2.45) is 0 Å². The van der Waals surface area contributed by atoms with E-state index in [1.807, 2.05) is 27.7 Å². The predicted molar refractivity (Wildman–Crippen MR) is 42.2 cm³/mol. The molecule has 0 aliphatic heterocycles. The van der Waals surface area contributed by atoms with Gasteiger partial charge in [0.15, 0.2) is 0 Å². The highest BCUT2D eigenvalue weighted by atomic mass is 16.5. The van der Waals surface area contributed by atoms with Crippen LogP contribution in [-0.4, -0.2) is 25.4 Å². The Hall–Kier alpha value is -0.0800. The minimum Gasteiger partial charge on any atom is -0.379 e. The summed E-state index contributed by atoms with van der Waals surface area (Å²) in [5.41, 5.74) is -0.0488. The fourth-order valence-corrected chi connectivity index (χ4v) is 0.435. The Bertz CT molecular complexity index is 83.7. The van der Waals surface area contributed by atoms with E-state index in [1.165, 1.54) is 0 Å². The molecule has 0 aromatic carbocycles. The summed E-state index contributed by atoms with van der Waals surface area (Å²) in [6.07, 6.45) is 0.194. The number of methoxy groups -OCH3 is 1. The molecule has 0 heterocycles. The van der Waals surface area contributed by atoms with Crippen molar-refractivity contribution in [3.8, 4) is 0 Å². The van der Waals surface area contributed by atoms with Gasteiger partial charge in [0.25, 0.3) is 0 Å². The Morgan fingerprint density at radius 2 is 1.80 bits per heavy atom. The first-order valence-corrected chi connectivity index (χ1v) is 3.62. The van der Waals surface area contributed by atoms with Crippen molar-refractivity contribution in [3.05, 3.63) is 0 Å². The monoisotopic (exact) mass is 146 g/mol. The lowest BCUT2D eigenvalue weighted by atomic mass is 10.2. The van der Waals surface area contributed by atoms with E-state index in [-0.39, 0.29) is 11.7 Å². The van der Waals surface area contributed by atoms with Crippen LogP contribution in [0.25, 0.3) is 0 Å². The van der Waals surface area contributed by atoms with Crippen LogP contribution in [-0.2, 0) is 9.47 Å². The smallest absolute Gasteiger partial charge is 0.0776 e. The van der Waals surface area contributed by atoms with Crippen LogP contribution in [0.4, 0.5) is 0 Å². The molecule has 0 saturated heterocycles. The van der Waals surface area contributed by atoms with E-state index in [1.54, 1.807) is 7.11 Å². The highest BCUT2D eigenvalue weighted by molar-refractivity contribution is 4.60. The lowest BCUT2D eigenvalue weighted by molar-refractivity contribution is -0.0549. The van der Waals surface area contributed by atoms with Gasteiger partial charge < -0.3 is 9.47 Å². The zero-order chi connectivity index (χ0) is 8.20. The Balaban J connectivity index is 3.36. The number of ether oxygens (including phenoxy) is 2. The van der Waals surface area contributed by atoms with Crippen LogP contribution in [0.5, 0.6) is 0 Å². The van der Waals surface area contributed by atoms with Crippen LogP contribution in [0.15, 0.2) is 0 Å². The average molecular weight is 146 g/mol. The standard InChI is InChI=1S/C8H18O2/c1-7(9-5)6-10-8(2,3)4/h7H,6H2,1-5H3. The van der Waals surface area contributed by atoms with Gasteiger partial charge in [0.05, 0.1) is 18.3 Å². The fourth-order valence-electron chi connectivity index (χ4n) is 0.435. The molecule has 0 amide bonds. The van der Waals surface area contributed by atoms with E-state index in [2.05, 4.69) is 0 Å². The first kappa shape index (κ1) is 9.92. The summed E-state index contributed by atoms with van der Waals surface area (Å²) in [7, 11) is 1.69. The van der Waals surface area contributed by atoms with Gasteiger partial charge in [-0.3, -0.25) is 0 Å². The maximum absolute atomic E-state index is 5.46. The van der Waals surface area contributed by atoms with Gasteiger partial charge in [0.2, 0.25) is 0 Å². The molecule has 0 N–H and O–H groups in total. The molecule has 0 rings (SSSR count). The largest absolute Gasteiger partial charge is 0.379 e. The summed E-state index contributed by atoms with van der Waals surface area (Å²) >= 11 is 0. The molecule has 0 saturated carbocycles. The van der Waals surface area contributed by atoms with E-state index in [0.717, 1.165) is 0 Å². The second-order valence-electron chi connectivity index (χ2n) is 3.47. The highest BCUT2D eigenvalue weighted by Gasteiger charge is 2.11. The van der Waals surface area contributed by atoms with Gasteiger partial charge in [-0.1, -0.05) is 0 Å². The van der Waals surface area contributed by atoms with Crippen LogP contribution in [0.2, 0.25) is 0 Å². The molecule has 0 bridgehead atoms. The third-order valence-electron chi connectivity index (χ3n) is 1.15. The molecular weight excluding hydrogens is 128 g/mol.